The summed E-state index contributed by atoms with van der Waals surface area (Å²) < 4.78 is 11.7. The van der Waals surface area contributed by atoms with Crippen LogP contribution in [0.4, 0.5) is 17.3 Å². The molecule has 2 aromatic carbocycles. The number of hydrogen-bond acceptors (Lipinski definition) is 9. The number of aryl methyl sites for hydroxylation is 1. The molecule has 0 aliphatic carbocycles. The Morgan fingerprint density at radius 1 is 1.05 bits per heavy atom. The largest absolute Gasteiger partial charge is 0.460 e. The summed E-state index contributed by atoms with van der Waals surface area (Å²) in [7, 11) is 3.68. The number of carbonyl (C=O) groups excluding carboxylic acids is 2. The van der Waals surface area contributed by atoms with Crippen LogP contribution in [-0.2, 0) is 4.79 Å². The van der Waals surface area contributed by atoms with Gasteiger partial charge in [0.1, 0.15) is 17.1 Å². The Labute approximate surface area is 232 Å². The number of piperazine rings is 1. The van der Waals surface area contributed by atoms with E-state index >= 15 is 0 Å². The normalized spacial score (nSPS) is 15.0. The first-order chi connectivity index (χ1) is 19.3. The Morgan fingerprint density at radius 3 is 2.60 bits per heavy atom. The van der Waals surface area contributed by atoms with Gasteiger partial charge in [0.2, 0.25) is 17.7 Å². The maximum absolute atomic E-state index is 12.9. The molecule has 0 spiro atoms. The van der Waals surface area contributed by atoms with Gasteiger partial charge in [-0.1, -0.05) is 6.07 Å². The monoisotopic (exact) mass is 543 g/mol. The molecule has 0 saturated carbocycles. The second kappa shape index (κ2) is 11.7. The van der Waals surface area contributed by atoms with Crippen LogP contribution in [0.15, 0.2) is 59.1 Å². The summed E-state index contributed by atoms with van der Waals surface area (Å²) in [4.78, 5) is 38.3. The van der Waals surface area contributed by atoms with Crippen LogP contribution in [-0.4, -0.2) is 77.9 Å². The summed E-state index contributed by atoms with van der Waals surface area (Å²) in [6, 6.07) is 14.1. The maximum Gasteiger partial charge on any atom is 0.255 e. The zero-order valence-electron chi connectivity index (χ0n) is 23.0. The third-order valence-electron chi connectivity index (χ3n) is 7.00. The van der Waals surface area contributed by atoms with Gasteiger partial charge in [-0.25, -0.2) is 4.98 Å². The molecule has 3 N–H and O–H groups in total. The van der Waals surface area contributed by atoms with Crippen LogP contribution in [0.3, 0.4) is 0 Å². The number of hydrogen-bond donors (Lipinski definition) is 3. The van der Waals surface area contributed by atoms with Crippen molar-refractivity contribution in [1.82, 2.24) is 25.1 Å². The standard InChI is InChI=1S/C29H33N7O4/c1-18(36-14-12-35(4)13-15-36)27(37)32-20-6-5-7-21(16-20)33-29-31-11-10-25(34-29)40-22-8-9-23-24(17-22)39-19(2)26(23)28(38)30-3/h5-11,16-18H,12-15H2,1-4H3,(H,30,38)(H,32,37)(H,31,33,34). The number of aromatic nitrogens is 2. The minimum atomic E-state index is -0.220. The van der Waals surface area contributed by atoms with E-state index in [2.05, 4.69) is 42.8 Å². The number of amides is 2. The van der Waals surface area contributed by atoms with Gasteiger partial charge in [-0.15, -0.1) is 0 Å². The minimum absolute atomic E-state index is 0.0421. The molecule has 1 atom stereocenters. The summed E-state index contributed by atoms with van der Waals surface area (Å²) in [5.74, 6) is 1.46. The molecule has 1 fully saturated rings. The van der Waals surface area contributed by atoms with Crippen molar-refractivity contribution in [2.45, 2.75) is 19.9 Å². The molecule has 3 heterocycles. The number of nitrogens with one attached hydrogen (secondary N) is 3. The lowest BCUT2D eigenvalue weighted by Crippen LogP contribution is -2.51. The number of rotatable bonds is 8. The fourth-order valence-electron chi connectivity index (χ4n) is 4.68. The second-order valence-corrected chi connectivity index (χ2v) is 9.80. The molecule has 40 heavy (non-hydrogen) atoms. The highest BCUT2D eigenvalue weighted by atomic mass is 16.5. The highest BCUT2D eigenvalue weighted by molar-refractivity contribution is 6.07. The van der Waals surface area contributed by atoms with Gasteiger partial charge < -0.3 is 30.0 Å². The van der Waals surface area contributed by atoms with Crippen LogP contribution in [0.2, 0.25) is 0 Å². The molecule has 2 aromatic heterocycles. The molecule has 5 rings (SSSR count). The van der Waals surface area contributed by atoms with E-state index in [0.29, 0.717) is 45.6 Å². The van der Waals surface area contributed by atoms with Gasteiger partial charge in [0.15, 0.2) is 0 Å². The van der Waals surface area contributed by atoms with Gasteiger partial charge in [0.05, 0.1) is 11.6 Å². The zero-order valence-corrected chi connectivity index (χ0v) is 23.0. The lowest BCUT2D eigenvalue weighted by molar-refractivity contribution is -0.121. The molecule has 1 unspecified atom stereocenters. The first kappa shape index (κ1) is 27.1. The summed E-state index contributed by atoms with van der Waals surface area (Å²) in [6.07, 6.45) is 1.59. The number of carbonyl (C=O) groups is 2. The van der Waals surface area contributed by atoms with E-state index in [0.717, 1.165) is 31.9 Å². The number of anilines is 3. The summed E-state index contributed by atoms with van der Waals surface area (Å²) in [5.41, 5.74) is 2.45. The number of nitrogens with zero attached hydrogens (tertiary/aromatic N) is 4. The van der Waals surface area contributed by atoms with Crippen LogP contribution in [0, 0.1) is 6.92 Å². The Kier molecular flexibility index (Phi) is 7.94. The summed E-state index contributed by atoms with van der Waals surface area (Å²) in [5, 5.41) is 9.53. The first-order valence-electron chi connectivity index (χ1n) is 13.2. The topological polar surface area (TPSA) is 125 Å². The van der Waals surface area contributed by atoms with Crippen LogP contribution >= 0.6 is 0 Å². The minimum Gasteiger partial charge on any atom is -0.460 e. The van der Waals surface area contributed by atoms with E-state index in [9.17, 15) is 9.59 Å². The Hall–Kier alpha value is -4.48. The van der Waals surface area contributed by atoms with Crippen molar-refractivity contribution in [2.75, 3.05) is 50.9 Å². The maximum atomic E-state index is 12.9. The Balaban J connectivity index is 1.24. The number of ether oxygens (including phenoxy) is 1. The van der Waals surface area contributed by atoms with Gasteiger partial charge in [-0.05, 0) is 51.2 Å². The molecule has 1 aliphatic heterocycles. The highest BCUT2D eigenvalue weighted by Gasteiger charge is 2.24. The van der Waals surface area contributed by atoms with Crippen molar-refractivity contribution in [3.8, 4) is 11.6 Å². The van der Waals surface area contributed by atoms with E-state index in [4.69, 9.17) is 9.15 Å². The van der Waals surface area contributed by atoms with Crippen molar-refractivity contribution in [3.63, 3.8) is 0 Å². The average Bonchev–Trinajstić information content (AvgIpc) is 3.28. The predicted octanol–water partition coefficient (Wildman–Crippen LogP) is 4.00. The van der Waals surface area contributed by atoms with Crippen LogP contribution in [0.5, 0.6) is 11.6 Å². The number of benzene rings is 2. The second-order valence-electron chi connectivity index (χ2n) is 9.80. The molecular weight excluding hydrogens is 510 g/mol. The third kappa shape index (κ3) is 6.05. The zero-order chi connectivity index (χ0) is 28.2. The lowest BCUT2D eigenvalue weighted by atomic mass is 10.1. The smallest absolute Gasteiger partial charge is 0.255 e. The molecule has 11 nitrogen and oxygen atoms in total. The van der Waals surface area contributed by atoms with Crippen molar-refractivity contribution >= 4 is 40.1 Å². The highest BCUT2D eigenvalue weighted by Crippen LogP contribution is 2.31. The third-order valence-corrected chi connectivity index (χ3v) is 7.00. The number of fused-ring (bicyclic) bond motifs is 1. The first-order valence-corrected chi connectivity index (χ1v) is 13.2. The number of likely N-dealkylation sites (N-methyl/N-ethyl adjacent to an activating group) is 1. The molecule has 1 saturated heterocycles. The summed E-state index contributed by atoms with van der Waals surface area (Å²) in [6.45, 7) is 7.34. The summed E-state index contributed by atoms with van der Waals surface area (Å²) >= 11 is 0. The van der Waals surface area contributed by atoms with Gasteiger partial charge in [-0.3, -0.25) is 14.5 Å². The van der Waals surface area contributed by atoms with Gasteiger partial charge in [0, 0.05) is 68.3 Å². The SMILES string of the molecule is CNC(=O)c1c(C)oc2cc(Oc3ccnc(Nc4cccc(NC(=O)C(C)N5CCN(C)CC5)c4)n3)ccc12. The average molecular weight is 544 g/mol. The molecule has 208 valence electrons. The lowest BCUT2D eigenvalue weighted by Gasteiger charge is -2.35. The quantitative estimate of drug-likeness (QED) is 0.302. The molecular formula is C29H33N7O4. The van der Waals surface area contributed by atoms with E-state index in [1.54, 1.807) is 44.4 Å². The molecule has 2 amide bonds. The van der Waals surface area contributed by atoms with Crippen molar-refractivity contribution in [2.24, 2.45) is 0 Å². The van der Waals surface area contributed by atoms with Crippen LogP contribution in [0.1, 0.15) is 23.0 Å². The van der Waals surface area contributed by atoms with Crippen molar-refractivity contribution in [1.29, 1.82) is 0 Å². The van der Waals surface area contributed by atoms with E-state index in [1.165, 1.54) is 0 Å². The molecule has 0 bridgehead atoms. The van der Waals surface area contributed by atoms with Gasteiger partial charge >= 0.3 is 0 Å². The molecule has 11 heteroatoms. The number of furan rings is 1. The van der Waals surface area contributed by atoms with E-state index in [-0.39, 0.29) is 17.9 Å². The van der Waals surface area contributed by atoms with E-state index in [1.807, 2.05) is 31.2 Å². The van der Waals surface area contributed by atoms with Gasteiger partial charge in [0.25, 0.3) is 5.91 Å². The van der Waals surface area contributed by atoms with Crippen LogP contribution < -0.4 is 20.7 Å². The van der Waals surface area contributed by atoms with Crippen molar-refractivity contribution in [3.05, 3.63) is 66.1 Å². The van der Waals surface area contributed by atoms with Crippen LogP contribution in [0.25, 0.3) is 11.0 Å². The van der Waals surface area contributed by atoms with Gasteiger partial charge in [-0.2, -0.15) is 4.98 Å². The molecule has 4 aromatic rings. The molecule has 1 aliphatic rings. The van der Waals surface area contributed by atoms with Crippen molar-refractivity contribution < 1.29 is 18.7 Å². The molecule has 0 radical (unpaired) electrons. The Morgan fingerprint density at radius 2 is 1.82 bits per heavy atom. The Bertz CT molecular complexity index is 1530. The predicted molar refractivity (Wildman–Crippen MR) is 153 cm³/mol. The van der Waals surface area contributed by atoms with E-state index < -0.39 is 0 Å². The fourth-order valence-corrected chi connectivity index (χ4v) is 4.68. The fraction of sp³-hybridized carbons (Fsp3) is 0.310.